The Morgan fingerprint density at radius 3 is 1.58 bits per heavy atom. The maximum Gasteiger partial charge on any atom is 0.150 e. The molecular formula is C41H43B2Cl7N9O5. The molecule has 23 heteroatoms. The number of carbonyl (C=O) groups is 1. The van der Waals surface area contributed by atoms with Gasteiger partial charge in [0.05, 0.1) is 42.9 Å². The summed E-state index contributed by atoms with van der Waals surface area (Å²) in [7, 11) is 1.97. The second kappa shape index (κ2) is 31.6. The van der Waals surface area contributed by atoms with Gasteiger partial charge < -0.3 is 15.8 Å². The van der Waals surface area contributed by atoms with Crippen LogP contribution in [0.1, 0.15) is 33.6 Å². The standard InChI is InChI=1S/C15H15Cl2N3O.C10H7Cl2N3.C6H6ClN.C4H2Cl2N2.C4H8O.C2H5B2O3/c1-15(2,3)14(21)20(11-6-4-10(16)5-7-11)13-9-18-8-12(17)19-13;11-7-1-3-8(4-2-7)14-10-6-13-5-9(12)15-10;7-5-1-3-6(8)4-2-5;5-3-1-7-2-4(6)8-3;1-2-4-5-3-1;1-3-7-6-2-4-5/h4-9H,1-3H3;1-6H,(H,14,15);1-4H,8H2;1-2H;1-4H2;2H2,1H3. The van der Waals surface area contributed by atoms with Crippen LogP contribution in [0.15, 0.2) is 110 Å². The van der Waals surface area contributed by atoms with Gasteiger partial charge in [0, 0.05) is 45.1 Å². The number of hydrogen-bond acceptors (Lipinski definition) is 13. The quantitative estimate of drug-likeness (QED) is 0.0484. The summed E-state index contributed by atoms with van der Waals surface area (Å²) in [4.78, 5) is 46.1. The van der Waals surface area contributed by atoms with Gasteiger partial charge in [-0.2, -0.15) is 0 Å². The molecule has 14 nitrogen and oxygen atoms in total. The third kappa shape index (κ3) is 24.8. The molecule has 0 bridgehead atoms. The summed E-state index contributed by atoms with van der Waals surface area (Å²) in [5, 5.41) is 6.29. The number of aromatic nitrogens is 6. The first-order valence-electron chi connectivity index (χ1n) is 18.8. The van der Waals surface area contributed by atoms with Gasteiger partial charge >= 0.3 is 42.4 Å². The molecule has 7 rings (SSSR count). The molecule has 3 aromatic carbocycles. The predicted octanol–water partition coefficient (Wildman–Crippen LogP) is 12.1. The molecule has 1 saturated heterocycles. The van der Waals surface area contributed by atoms with Crippen LogP contribution in [0.3, 0.4) is 0 Å². The summed E-state index contributed by atoms with van der Waals surface area (Å²) in [6, 6.07) is 21.3. The molecule has 0 spiro atoms. The molecule has 1 fully saturated rings. The first kappa shape index (κ1) is 55.9. The Labute approximate surface area is 408 Å². The Morgan fingerprint density at radius 2 is 1.17 bits per heavy atom. The molecule has 1 aliphatic heterocycles. The molecule has 3 N–H and O–H groups in total. The van der Waals surface area contributed by atoms with Gasteiger partial charge in [-0.3, -0.25) is 24.6 Å². The summed E-state index contributed by atoms with van der Waals surface area (Å²) < 4.78 is 14.4. The maximum atomic E-state index is 12.7. The zero-order chi connectivity index (χ0) is 47.3. The molecule has 1 aliphatic rings. The Hall–Kier alpha value is -4.19. The van der Waals surface area contributed by atoms with Gasteiger partial charge in [-0.25, -0.2) is 15.0 Å². The average molecular weight is 1010 g/mol. The van der Waals surface area contributed by atoms with Crippen LogP contribution in [-0.2, 0) is 23.9 Å². The number of nitrogens with one attached hydrogen (secondary N) is 1. The number of nitrogens with two attached hydrogens (primary N) is 1. The first-order chi connectivity index (χ1) is 30.5. The summed E-state index contributed by atoms with van der Waals surface area (Å²) in [5.41, 5.74) is 7.08. The molecule has 1 amide bonds. The Kier molecular flexibility index (Phi) is 27.7. The van der Waals surface area contributed by atoms with Gasteiger partial charge in [0.25, 0.3) is 0 Å². The molecule has 0 saturated carbocycles. The Balaban J connectivity index is 0.000000285. The van der Waals surface area contributed by atoms with Crippen molar-refractivity contribution in [1.29, 1.82) is 0 Å². The third-order valence-electron chi connectivity index (χ3n) is 7.05. The largest absolute Gasteiger partial charge is 0.399 e. The number of nitrogens with zero attached hydrogens (tertiary/aromatic N) is 7. The SMILES string of the molecule is C1CCOC1.CC(C)(C)C(=O)N(c1ccc(Cl)cc1)c1cncc(Cl)n1.C[B]OOCB=O.Clc1ccc(Nc2cncc(Cl)n2)cc1.Clc1cncc(Cl)n1.Nc1ccc(Cl)cc1. The van der Waals surface area contributed by atoms with Gasteiger partial charge in [-0.15, -0.1) is 0 Å². The summed E-state index contributed by atoms with van der Waals surface area (Å²) >= 11 is 39.6. The molecule has 6 aromatic rings. The molecule has 1 radical (unpaired) electrons. The summed E-state index contributed by atoms with van der Waals surface area (Å²) in [5.74, 6) is 0.871. The number of rotatable bonds is 8. The van der Waals surface area contributed by atoms with E-state index in [2.05, 4.69) is 44.9 Å². The molecule has 4 heterocycles. The van der Waals surface area contributed by atoms with E-state index in [1.807, 2.05) is 32.9 Å². The van der Waals surface area contributed by atoms with Crippen LogP contribution < -0.4 is 16.0 Å². The fourth-order valence-corrected chi connectivity index (χ4v) is 5.24. The van der Waals surface area contributed by atoms with Crippen molar-refractivity contribution in [3.05, 3.63) is 146 Å². The molecule has 0 aliphatic carbocycles. The number of amides is 1. The minimum atomic E-state index is -0.580. The number of anilines is 5. The zero-order valence-electron chi connectivity index (χ0n) is 35.0. The monoisotopic (exact) mass is 1010 g/mol. The van der Waals surface area contributed by atoms with Crippen molar-refractivity contribution in [3.8, 4) is 0 Å². The molecule has 337 valence electrons. The second-order valence-electron chi connectivity index (χ2n) is 13.2. The van der Waals surface area contributed by atoms with E-state index in [0.29, 0.717) is 50.0 Å². The molecule has 0 unspecified atom stereocenters. The number of hydrogen-bond donors (Lipinski definition) is 2. The number of benzene rings is 3. The van der Waals surface area contributed by atoms with E-state index in [9.17, 15) is 9.50 Å². The fourth-order valence-electron chi connectivity index (χ4n) is 4.23. The predicted molar refractivity (Wildman–Crippen MR) is 260 cm³/mol. The van der Waals surface area contributed by atoms with Crippen LogP contribution in [0.5, 0.6) is 0 Å². The topological polar surface area (TPSA) is 180 Å². The normalized spacial score (nSPS) is 11.0. The van der Waals surface area contributed by atoms with Crippen molar-refractivity contribution < 1.29 is 23.9 Å². The second-order valence-corrected chi connectivity index (χ2v) is 16.1. The summed E-state index contributed by atoms with van der Waals surface area (Å²) in [6.45, 7) is 9.18. The van der Waals surface area contributed by atoms with Crippen LogP contribution in [0.4, 0.5) is 28.7 Å². The van der Waals surface area contributed by atoms with Crippen LogP contribution in [0, 0.1) is 5.41 Å². The van der Waals surface area contributed by atoms with E-state index in [1.54, 1.807) is 73.7 Å². The molecule has 3 aromatic heterocycles. The minimum absolute atomic E-state index is 0.00958. The van der Waals surface area contributed by atoms with Gasteiger partial charge in [-0.05, 0) is 85.6 Å². The van der Waals surface area contributed by atoms with E-state index in [4.69, 9.17) is 91.7 Å². The van der Waals surface area contributed by atoms with Crippen molar-refractivity contribution in [2.24, 2.45) is 5.41 Å². The maximum absolute atomic E-state index is 12.7. The number of carbonyl (C=O) groups excluding carboxylic acids is 1. The van der Waals surface area contributed by atoms with Crippen LogP contribution in [0.25, 0.3) is 0 Å². The number of halogens is 7. The van der Waals surface area contributed by atoms with E-state index in [-0.39, 0.29) is 17.6 Å². The fraction of sp³-hybridized carbons (Fsp3) is 0.244. The number of nitrogen functional groups attached to an aromatic ring is 1. The van der Waals surface area contributed by atoms with Crippen LogP contribution in [-0.4, -0.2) is 70.2 Å². The van der Waals surface area contributed by atoms with Crippen LogP contribution in [0.2, 0.25) is 42.5 Å². The van der Waals surface area contributed by atoms with E-state index >= 15 is 0 Å². The smallest absolute Gasteiger partial charge is 0.150 e. The summed E-state index contributed by atoms with van der Waals surface area (Å²) in [6.07, 6.45) is 11.4. The van der Waals surface area contributed by atoms with Crippen molar-refractivity contribution in [3.63, 3.8) is 0 Å². The first-order valence-corrected chi connectivity index (χ1v) is 21.5. The van der Waals surface area contributed by atoms with Gasteiger partial charge in [0.15, 0.2) is 11.6 Å². The van der Waals surface area contributed by atoms with Crippen molar-refractivity contribution in [2.75, 3.05) is 35.7 Å². The van der Waals surface area contributed by atoms with Crippen molar-refractivity contribution in [2.45, 2.75) is 40.4 Å². The van der Waals surface area contributed by atoms with Gasteiger partial charge in [0.2, 0.25) is 5.91 Å². The van der Waals surface area contributed by atoms with Crippen LogP contribution >= 0.6 is 81.2 Å². The van der Waals surface area contributed by atoms with Gasteiger partial charge in [-0.1, -0.05) is 102 Å². The van der Waals surface area contributed by atoms with Crippen molar-refractivity contribution >= 4 is 130 Å². The molecule has 64 heavy (non-hydrogen) atoms. The zero-order valence-corrected chi connectivity index (χ0v) is 40.3. The average Bonchev–Trinajstić information content (AvgIpc) is 3.86. The molecule has 0 atom stereocenters. The third-order valence-corrected chi connectivity index (χ3v) is 8.53. The number of ether oxygens (including phenoxy) is 1. The van der Waals surface area contributed by atoms with Crippen molar-refractivity contribution in [1.82, 2.24) is 29.9 Å². The van der Waals surface area contributed by atoms with Gasteiger partial charge in [0.1, 0.15) is 20.6 Å². The Bertz CT molecular complexity index is 2210. The minimum Gasteiger partial charge on any atom is -0.399 e. The van der Waals surface area contributed by atoms with E-state index < -0.39 is 5.41 Å². The van der Waals surface area contributed by atoms with E-state index in [0.717, 1.165) is 29.6 Å². The Morgan fingerprint density at radius 1 is 0.703 bits per heavy atom. The molecular weight excluding hydrogens is 968 g/mol. The van der Waals surface area contributed by atoms with E-state index in [1.165, 1.54) is 56.2 Å².